The molecule has 0 amide bonds. The van der Waals surface area contributed by atoms with Crippen molar-refractivity contribution in [3.8, 4) is 0 Å². The second-order valence-electron chi connectivity index (χ2n) is 7.18. The fourth-order valence-electron chi connectivity index (χ4n) is 3.66. The molecule has 29 heavy (non-hydrogen) atoms. The topological polar surface area (TPSA) is 68.6 Å². The van der Waals surface area contributed by atoms with Gasteiger partial charge in [0.15, 0.2) is 0 Å². The lowest BCUT2D eigenvalue weighted by Crippen LogP contribution is -2.28. The highest BCUT2D eigenvalue weighted by atomic mass is 32.2. The van der Waals surface area contributed by atoms with Crippen molar-refractivity contribution in [1.29, 1.82) is 0 Å². The van der Waals surface area contributed by atoms with E-state index < -0.39 is 10.0 Å². The SMILES string of the molecule is CCOC(=O)Cn1c(C)c(C)c(Sc2ccccc2S(=O)(=O)N2CCCC2)c1C. The molecule has 0 atom stereocenters. The van der Waals surface area contributed by atoms with Crippen LogP contribution in [0.4, 0.5) is 0 Å². The molecule has 1 fully saturated rings. The first kappa shape index (κ1) is 21.9. The van der Waals surface area contributed by atoms with Crippen molar-refractivity contribution in [2.24, 2.45) is 0 Å². The van der Waals surface area contributed by atoms with Crippen LogP contribution in [0.2, 0.25) is 0 Å². The van der Waals surface area contributed by atoms with Crippen LogP contribution < -0.4 is 0 Å². The lowest BCUT2D eigenvalue weighted by Gasteiger charge is -2.18. The number of hydrogen-bond donors (Lipinski definition) is 0. The van der Waals surface area contributed by atoms with Crippen LogP contribution >= 0.6 is 11.8 Å². The maximum atomic E-state index is 13.2. The Morgan fingerprint density at radius 1 is 1.10 bits per heavy atom. The van der Waals surface area contributed by atoms with Gasteiger partial charge >= 0.3 is 5.97 Å². The third-order valence-corrected chi connectivity index (χ3v) is 8.83. The Balaban J connectivity index is 1.97. The van der Waals surface area contributed by atoms with Crippen molar-refractivity contribution >= 4 is 27.8 Å². The molecule has 0 radical (unpaired) electrons. The molecule has 0 spiro atoms. The van der Waals surface area contributed by atoms with E-state index >= 15 is 0 Å². The molecule has 3 rings (SSSR count). The second-order valence-corrected chi connectivity index (χ2v) is 10.1. The highest BCUT2D eigenvalue weighted by Crippen LogP contribution is 2.39. The number of carbonyl (C=O) groups is 1. The summed E-state index contributed by atoms with van der Waals surface area (Å²) in [5, 5.41) is 0. The van der Waals surface area contributed by atoms with E-state index in [1.807, 2.05) is 37.5 Å². The van der Waals surface area contributed by atoms with Crippen molar-refractivity contribution in [3.63, 3.8) is 0 Å². The highest BCUT2D eigenvalue weighted by Gasteiger charge is 2.30. The van der Waals surface area contributed by atoms with Crippen molar-refractivity contribution in [2.45, 2.75) is 61.8 Å². The molecule has 0 saturated carbocycles. The summed E-state index contributed by atoms with van der Waals surface area (Å²) >= 11 is 1.45. The van der Waals surface area contributed by atoms with E-state index in [2.05, 4.69) is 0 Å². The zero-order valence-corrected chi connectivity index (χ0v) is 19.0. The number of hydrogen-bond acceptors (Lipinski definition) is 5. The Kier molecular flexibility index (Phi) is 6.76. The molecule has 2 heterocycles. The van der Waals surface area contributed by atoms with Gasteiger partial charge in [-0.3, -0.25) is 4.79 Å². The Morgan fingerprint density at radius 3 is 2.41 bits per heavy atom. The Morgan fingerprint density at radius 2 is 1.76 bits per heavy atom. The molecule has 0 N–H and O–H groups in total. The summed E-state index contributed by atoms with van der Waals surface area (Å²) in [7, 11) is -3.51. The number of carbonyl (C=O) groups excluding carboxylic acids is 1. The Bertz CT molecular complexity index is 1010. The van der Waals surface area contributed by atoms with E-state index in [0.29, 0.717) is 29.5 Å². The summed E-state index contributed by atoms with van der Waals surface area (Å²) < 4.78 is 34.9. The van der Waals surface area contributed by atoms with Crippen molar-refractivity contribution in [2.75, 3.05) is 19.7 Å². The average molecular weight is 437 g/mol. The van der Waals surface area contributed by atoms with Crippen LogP contribution in [-0.4, -0.2) is 43.0 Å². The fourth-order valence-corrected chi connectivity index (χ4v) is 6.79. The summed E-state index contributed by atoms with van der Waals surface area (Å²) in [6.07, 6.45) is 1.81. The third-order valence-electron chi connectivity index (χ3n) is 5.36. The van der Waals surface area contributed by atoms with E-state index in [-0.39, 0.29) is 12.5 Å². The number of nitrogens with zero attached hydrogens (tertiary/aromatic N) is 2. The van der Waals surface area contributed by atoms with Gasteiger partial charge in [0, 0.05) is 34.3 Å². The van der Waals surface area contributed by atoms with Gasteiger partial charge in [-0.2, -0.15) is 4.31 Å². The second kappa shape index (κ2) is 8.93. The van der Waals surface area contributed by atoms with E-state index in [9.17, 15) is 13.2 Å². The van der Waals surface area contributed by atoms with Crippen LogP contribution in [-0.2, 0) is 26.1 Å². The molecule has 1 aromatic heterocycles. The summed E-state index contributed by atoms with van der Waals surface area (Å²) in [6, 6.07) is 7.16. The van der Waals surface area contributed by atoms with E-state index in [4.69, 9.17) is 4.74 Å². The number of benzene rings is 1. The van der Waals surface area contributed by atoms with Crippen LogP contribution in [0.1, 0.15) is 36.7 Å². The minimum atomic E-state index is -3.51. The normalized spacial score (nSPS) is 15.0. The number of aromatic nitrogens is 1. The summed E-state index contributed by atoms with van der Waals surface area (Å²) in [5.74, 6) is -0.276. The van der Waals surface area contributed by atoms with Crippen LogP contribution in [0.5, 0.6) is 0 Å². The molecule has 2 aromatic rings. The van der Waals surface area contributed by atoms with Crippen LogP contribution in [0.15, 0.2) is 39.0 Å². The molecule has 8 heteroatoms. The summed E-state index contributed by atoms with van der Waals surface area (Å²) in [4.78, 5) is 14.0. The maximum Gasteiger partial charge on any atom is 0.325 e. The summed E-state index contributed by atoms with van der Waals surface area (Å²) in [6.45, 7) is 9.38. The van der Waals surface area contributed by atoms with Crippen LogP contribution in [0.3, 0.4) is 0 Å². The minimum absolute atomic E-state index is 0.153. The van der Waals surface area contributed by atoms with E-state index in [0.717, 1.165) is 34.7 Å². The predicted molar refractivity (Wildman–Crippen MR) is 114 cm³/mol. The molecule has 6 nitrogen and oxygen atoms in total. The molecule has 1 aromatic carbocycles. The number of esters is 1. The molecular weight excluding hydrogens is 408 g/mol. The largest absolute Gasteiger partial charge is 0.465 e. The number of rotatable bonds is 7. The quantitative estimate of drug-likeness (QED) is 0.616. The van der Waals surface area contributed by atoms with Gasteiger partial charge in [-0.25, -0.2) is 8.42 Å². The smallest absolute Gasteiger partial charge is 0.325 e. The first-order valence-corrected chi connectivity index (χ1v) is 12.1. The van der Waals surface area contributed by atoms with Crippen molar-refractivity contribution < 1.29 is 17.9 Å². The summed E-state index contributed by atoms with van der Waals surface area (Å²) in [5.41, 5.74) is 2.97. The van der Waals surface area contributed by atoms with Crippen molar-refractivity contribution in [3.05, 3.63) is 41.2 Å². The molecule has 1 aliphatic rings. The standard InChI is InChI=1S/C21H28N2O4S2/c1-5-27-20(24)14-23-16(3)15(2)21(17(23)4)28-18-10-6-7-11-19(18)29(25,26)22-12-8-9-13-22/h6-7,10-11H,5,8-9,12-14H2,1-4H3. The molecule has 158 valence electrons. The maximum absolute atomic E-state index is 13.2. The molecule has 1 saturated heterocycles. The lowest BCUT2D eigenvalue weighted by atomic mass is 10.3. The van der Waals surface area contributed by atoms with Gasteiger partial charge in [0.2, 0.25) is 10.0 Å². The average Bonchev–Trinajstić information content (AvgIpc) is 3.30. The third kappa shape index (κ3) is 4.39. The van der Waals surface area contributed by atoms with Crippen LogP contribution in [0.25, 0.3) is 0 Å². The van der Waals surface area contributed by atoms with Gasteiger partial charge in [0.25, 0.3) is 0 Å². The number of ether oxygens (including phenoxy) is 1. The Labute approximate surface area is 177 Å². The van der Waals surface area contributed by atoms with Crippen LogP contribution in [0, 0.1) is 20.8 Å². The van der Waals surface area contributed by atoms with Gasteiger partial charge in [-0.1, -0.05) is 23.9 Å². The monoisotopic (exact) mass is 436 g/mol. The van der Waals surface area contributed by atoms with Gasteiger partial charge < -0.3 is 9.30 Å². The Hall–Kier alpha value is -1.77. The van der Waals surface area contributed by atoms with E-state index in [1.54, 1.807) is 23.4 Å². The lowest BCUT2D eigenvalue weighted by molar-refractivity contribution is -0.143. The highest BCUT2D eigenvalue weighted by molar-refractivity contribution is 8.00. The van der Waals surface area contributed by atoms with Crippen molar-refractivity contribution in [1.82, 2.24) is 8.87 Å². The van der Waals surface area contributed by atoms with Gasteiger partial charge in [0.05, 0.1) is 11.5 Å². The fraction of sp³-hybridized carbons (Fsp3) is 0.476. The molecule has 0 unspecified atom stereocenters. The van der Waals surface area contributed by atoms with Gasteiger partial charge in [-0.15, -0.1) is 0 Å². The first-order valence-electron chi connectivity index (χ1n) is 9.86. The first-order chi connectivity index (χ1) is 13.8. The predicted octanol–water partition coefficient (Wildman–Crippen LogP) is 3.91. The van der Waals surface area contributed by atoms with Gasteiger partial charge in [0.1, 0.15) is 6.54 Å². The molecule has 0 bridgehead atoms. The number of sulfonamides is 1. The molecule has 1 aliphatic heterocycles. The zero-order chi connectivity index (χ0) is 21.2. The van der Waals surface area contributed by atoms with Gasteiger partial charge in [-0.05, 0) is 58.2 Å². The zero-order valence-electron chi connectivity index (χ0n) is 17.4. The minimum Gasteiger partial charge on any atom is -0.465 e. The molecule has 0 aliphatic carbocycles. The van der Waals surface area contributed by atoms with E-state index in [1.165, 1.54) is 11.8 Å². The molecular formula is C21H28N2O4S2.